The fourth-order valence-electron chi connectivity index (χ4n) is 4.86. The summed E-state index contributed by atoms with van der Waals surface area (Å²) in [6.07, 6.45) is -5.15. The number of halogens is 6. The summed E-state index contributed by atoms with van der Waals surface area (Å²) >= 11 is 6.21. The summed E-state index contributed by atoms with van der Waals surface area (Å²) in [4.78, 5) is 28.9. The summed E-state index contributed by atoms with van der Waals surface area (Å²) < 4.78 is 73.0. The Hall–Kier alpha value is -3.00. The second-order valence-electron chi connectivity index (χ2n) is 10.0. The van der Waals surface area contributed by atoms with Gasteiger partial charge in [-0.3, -0.25) is 14.5 Å². The molecule has 0 bridgehead atoms. The molecule has 0 aromatic heterocycles. The lowest BCUT2D eigenvalue weighted by atomic mass is 10.1. The van der Waals surface area contributed by atoms with Crippen LogP contribution in [0.2, 0.25) is 5.02 Å². The molecular weight excluding hydrogens is 573 g/mol. The number of amides is 2. The lowest BCUT2D eigenvalue weighted by molar-refractivity contribution is -0.138. The zero-order valence-electron chi connectivity index (χ0n) is 22.3. The molecular formula is C27H31ClF5N5O3. The number of anilines is 2. The molecule has 0 aliphatic carbocycles. The quantitative estimate of drug-likeness (QED) is 0.397. The number of alkyl halides is 3. The van der Waals surface area contributed by atoms with Gasteiger partial charge in [-0.05, 0) is 31.2 Å². The molecule has 4 rings (SSSR count). The Labute approximate surface area is 239 Å². The summed E-state index contributed by atoms with van der Waals surface area (Å²) in [6, 6.07) is 6.21. The third-order valence-electron chi connectivity index (χ3n) is 7.04. The van der Waals surface area contributed by atoms with E-state index >= 15 is 0 Å². The van der Waals surface area contributed by atoms with E-state index < -0.39 is 47.7 Å². The van der Waals surface area contributed by atoms with Gasteiger partial charge in [-0.1, -0.05) is 17.7 Å². The van der Waals surface area contributed by atoms with Crippen molar-refractivity contribution in [1.29, 1.82) is 0 Å². The molecule has 2 amide bonds. The van der Waals surface area contributed by atoms with Crippen LogP contribution in [0.25, 0.3) is 0 Å². The van der Waals surface area contributed by atoms with Gasteiger partial charge in [-0.15, -0.1) is 0 Å². The highest BCUT2D eigenvalue weighted by atomic mass is 35.5. The molecule has 2 atom stereocenters. The summed E-state index contributed by atoms with van der Waals surface area (Å²) in [5, 5.41) is 8.47. The van der Waals surface area contributed by atoms with Gasteiger partial charge < -0.3 is 25.6 Å². The highest BCUT2D eigenvalue weighted by molar-refractivity contribution is 6.31. The van der Waals surface area contributed by atoms with E-state index in [1.54, 1.807) is 11.0 Å². The molecule has 0 spiro atoms. The predicted octanol–water partition coefficient (Wildman–Crippen LogP) is 3.94. The van der Waals surface area contributed by atoms with Gasteiger partial charge >= 0.3 is 6.18 Å². The Bertz CT molecular complexity index is 1260. The van der Waals surface area contributed by atoms with Crippen molar-refractivity contribution in [2.75, 3.05) is 56.2 Å². The molecule has 14 heteroatoms. The second-order valence-corrected chi connectivity index (χ2v) is 10.5. The summed E-state index contributed by atoms with van der Waals surface area (Å²) in [6.45, 7) is 3.68. The largest absolute Gasteiger partial charge is 0.390 e. The van der Waals surface area contributed by atoms with Crippen LogP contribution in [0, 0.1) is 11.6 Å². The van der Waals surface area contributed by atoms with Crippen LogP contribution in [0.5, 0.6) is 0 Å². The Morgan fingerprint density at radius 3 is 2.61 bits per heavy atom. The van der Waals surface area contributed by atoms with Gasteiger partial charge in [0.2, 0.25) is 5.91 Å². The van der Waals surface area contributed by atoms with Gasteiger partial charge in [0.15, 0.2) is 11.6 Å². The van der Waals surface area contributed by atoms with E-state index in [0.29, 0.717) is 43.5 Å². The Morgan fingerprint density at radius 2 is 1.93 bits per heavy atom. The number of nitrogens with zero attached hydrogens (tertiary/aromatic N) is 2. The first-order chi connectivity index (χ1) is 19.4. The van der Waals surface area contributed by atoms with Gasteiger partial charge in [0.05, 0.1) is 36.6 Å². The Balaban J connectivity index is 1.43. The molecule has 0 radical (unpaired) electrons. The van der Waals surface area contributed by atoms with Crippen LogP contribution in [0.15, 0.2) is 30.3 Å². The van der Waals surface area contributed by atoms with Crippen LogP contribution in [0.1, 0.15) is 29.3 Å². The smallest absolute Gasteiger partial charge is 0.378 e. The number of piperazine rings is 1. The first kappa shape index (κ1) is 30.9. The normalized spacial score (nSPS) is 20.1. The SMILES string of the molecule is C[C@@H]1CN(CCC(F)(F)F)CCN1c1cc(Cl)ccc1NC(=O)c1ccc(CNC(=O)C2COCCN2)c(F)c1F. The Kier molecular flexibility index (Phi) is 10.1. The lowest BCUT2D eigenvalue weighted by Crippen LogP contribution is -2.52. The van der Waals surface area contributed by atoms with Crippen molar-refractivity contribution in [1.82, 2.24) is 15.5 Å². The van der Waals surface area contributed by atoms with Crippen LogP contribution < -0.4 is 20.9 Å². The highest BCUT2D eigenvalue weighted by Gasteiger charge is 2.31. The minimum Gasteiger partial charge on any atom is -0.378 e. The number of hydrogen-bond acceptors (Lipinski definition) is 6. The van der Waals surface area contributed by atoms with Crippen LogP contribution in [0.3, 0.4) is 0 Å². The molecule has 8 nitrogen and oxygen atoms in total. The molecule has 2 aromatic carbocycles. The number of nitrogens with one attached hydrogen (secondary N) is 3. The first-order valence-electron chi connectivity index (χ1n) is 13.2. The van der Waals surface area contributed by atoms with Crippen LogP contribution in [-0.2, 0) is 16.1 Å². The van der Waals surface area contributed by atoms with Gasteiger partial charge in [0, 0.05) is 55.9 Å². The van der Waals surface area contributed by atoms with Crippen molar-refractivity contribution < 1.29 is 36.3 Å². The summed E-state index contributed by atoms with van der Waals surface area (Å²) in [5.74, 6) is -3.95. The summed E-state index contributed by atoms with van der Waals surface area (Å²) in [7, 11) is 0. The van der Waals surface area contributed by atoms with E-state index in [2.05, 4.69) is 16.0 Å². The highest BCUT2D eigenvalue weighted by Crippen LogP contribution is 2.33. The molecule has 2 aliphatic heterocycles. The number of ether oxygens (including phenoxy) is 1. The minimum atomic E-state index is -4.24. The van der Waals surface area contributed by atoms with E-state index in [1.165, 1.54) is 18.2 Å². The third kappa shape index (κ3) is 8.06. The molecule has 224 valence electrons. The zero-order chi connectivity index (χ0) is 29.7. The van der Waals surface area contributed by atoms with E-state index in [4.69, 9.17) is 16.3 Å². The maximum Gasteiger partial charge on any atom is 0.390 e. The van der Waals surface area contributed by atoms with E-state index in [0.717, 1.165) is 6.07 Å². The van der Waals surface area contributed by atoms with Crippen molar-refractivity contribution in [3.63, 3.8) is 0 Å². The van der Waals surface area contributed by atoms with Crippen LogP contribution >= 0.6 is 11.6 Å². The van der Waals surface area contributed by atoms with E-state index in [1.807, 2.05) is 11.8 Å². The topological polar surface area (TPSA) is 85.9 Å². The van der Waals surface area contributed by atoms with Crippen molar-refractivity contribution in [2.45, 2.75) is 38.1 Å². The fourth-order valence-corrected chi connectivity index (χ4v) is 5.02. The van der Waals surface area contributed by atoms with Crippen LogP contribution in [0.4, 0.5) is 33.3 Å². The molecule has 2 heterocycles. The monoisotopic (exact) mass is 603 g/mol. The maximum atomic E-state index is 15.0. The van der Waals surface area contributed by atoms with Gasteiger partial charge in [-0.25, -0.2) is 8.78 Å². The molecule has 0 saturated carbocycles. The number of carbonyl (C=O) groups excluding carboxylic acids is 2. The molecule has 2 fully saturated rings. The van der Waals surface area contributed by atoms with Gasteiger partial charge in [-0.2, -0.15) is 13.2 Å². The second kappa shape index (κ2) is 13.3. The minimum absolute atomic E-state index is 0.114. The molecule has 41 heavy (non-hydrogen) atoms. The first-order valence-corrected chi connectivity index (χ1v) is 13.5. The van der Waals surface area contributed by atoms with Crippen molar-refractivity contribution >= 4 is 34.8 Å². The van der Waals surface area contributed by atoms with E-state index in [9.17, 15) is 31.5 Å². The maximum absolute atomic E-state index is 15.0. The average molecular weight is 604 g/mol. The number of carbonyl (C=O) groups is 2. The van der Waals surface area contributed by atoms with Crippen LogP contribution in [-0.4, -0.2) is 80.9 Å². The number of morpholine rings is 1. The molecule has 3 N–H and O–H groups in total. The fraction of sp³-hybridized carbons (Fsp3) is 0.481. The van der Waals surface area contributed by atoms with Crippen molar-refractivity contribution in [3.8, 4) is 0 Å². The zero-order valence-corrected chi connectivity index (χ0v) is 23.0. The number of benzene rings is 2. The van der Waals surface area contributed by atoms with Crippen molar-refractivity contribution in [3.05, 3.63) is 58.1 Å². The van der Waals surface area contributed by atoms with Gasteiger partial charge in [0.25, 0.3) is 5.91 Å². The number of hydrogen-bond donors (Lipinski definition) is 3. The lowest BCUT2D eigenvalue weighted by Gasteiger charge is -2.42. The Morgan fingerprint density at radius 1 is 1.15 bits per heavy atom. The van der Waals surface area contributed by atoms with E-state index in [-0.39, 0.29) is 37.0 Å². The molecule has 2 aliphatic rings. The molecule has 1 unspecified atom stereocenters. The number of rotatable bonds is 8. The van der Waals surface area contributed by atoms with Crippen molar-refractivity contribution in [2.24, 2.45) is 0 Å². The summed E-state index contributed by atoms with van der Waals surface area (Å²) in [5.41, 5.74) is 0.127. The molecule has 2 saturated heterocycles. The van der Waals surface area contributed by atoms with Gasteiger partial charge in [0.1, 0.15) is 6.04 Å². The standard InChI is InChI=1S/C27H31ClF5N5O3/c1-16-14-37(8-6-27(31,32)33)9-10-38(16)22-12-18(28)3-5-20(22)36-25(39)19-4-2-17(23(29)24(19)30)13-35-26(40)21-15-41-11-7-34-21/h2-5,12,16,21,34H,6-11,13-15H2,1H3,(H,35,40)(H,36,39)/t16-,21?/m1/s1. The third-order valence-corrected chi connectivity index (χ3v) is 7.27. The average Bonchev–Trinajstić information content (AvgIpc) is 2.93. The molecule has 2 aromatic rings. The predicted molar refractivity (Wildman–Crippen MR) is 144 cm³/mol.